The molecule has 2 atom stereocenters. The van der Waals surface area contributed by atoms with E-state index in [2.05, 4.69) is 6.42 Å². The predicted octanol–water partition coefficient (Wildman–Crippen LogP) is 2.28. The van der Waals surface area contributed by atoms with Crippen LogP contribution in [0.25, 0.3) is 0 Å². The first-order valence-corrected chi connectivity index (χ1v) is 3.68. The second kappa shape index (κ2) is 1.75. The third-order valence-electron chi connectivity index (χ3n) is 2.53. The van der Waals surface area contributed by atoms with Crippen LogP contribution < -0.4 is 0 Å². The van der Waals surface area contributed by atoms with Crippen molar-refractivity contribution in [3.63, 3.8) is 0 Å². The molecule has 0 heteroatoms. The molecular formula is C8H12. The van der Waals surface area contributed by atoms with Gasteiger partial charge < -0.3 is 0 Å². The van der Waals surface area contributed by atoms with Crippen molar-refractivity contribution in [3.8, 4) is 0 Å². The van der Waals surface area contributed by atoms with Crippen LogP contribution >= 0.6 is 0 Å². The zero-order valence-electron chi connectivity index (χ0n) is 5.19. The van der Waals surface area contributed by atoms with Crippen molar-refractivity contribution < 1.29 is 0 Å². The molecular weight excluding hydrogens is 96.1 g/mol. The van der Waals surface area contributed by atoms with Gasteiger partial charge in [0.15, 0.2) is 0 Å². The van der Waals surface area contributed by atoms with Crippen LogP contribution in [0, 0.1) is 18.3 Å². The molecule has 2 bridgehead atoms. The van der Waals surface area contributed by atoms with Gasteiger partial charge in [0, 0.05) is 0 Å². The van der Waals surface area contributed by atoms with Gasteiger partial charge in [-0.1, -0.05) is 6.42 Å². The minimum absolute atomic E-state index is 0.911. The highest BCUT2D eigenvalue weighted by Gasteiger charge is 2.28. The lowest BCUT2D eigenvalue weighted by molar-refractivity contribution is 0.428. The van der Waals surface area contributed by atoms with E-state index in [0.717, 1.165) is 11.8 Å². The average molecular weight is 108 g/mol. The summed E-state index contributed by atoms with van der Waals surface area (Å²) in [5, 5.41) is 0. The molecule has 0 spiro atoms. The fourth-order valence-corrected chi connectivity index (χ4v) is 2.01. The Morgan fingerprint density at radius 1 is 1.12 bits per heavy atom. The Morgan fingerprint density at radius 3 is 2.88 bits per heavy atom. The summed E-state index contributed by atoms with van der Waals surface area (Å²) in [6, 6.07) is 0. The Kier molecular flexibility index (Phi) is 1.06. The molecule has 2 radical (unpaired) electrons. The van der Waals surface area contributed by atoms with E-state index in [1.54, 1.807) is 0 Å². The summed E-state index contributed by atoms with van der Waals surface area (Å²) >= 11 is 0. The molecule has 0 nitrogen and oxygen atoms in total. The molecule has 0 aromatic rings. The molecule has 0 N–H and O–H groups in total. The van der Waals surface area contributed by atoms with Gasteiger partial charge in [0.1, 0.15) is 0 Å². The lowest BCUT2D eigenvalue weighted by Crippen LogP contribution is -2.04. The van der Waals surface area contributed by atoms with Crippen LogP contribution in [-0.4, -0.2) is 0 Å². The van der Waals surface area contributed by atoms with Crippen molar-refractivity contribution in [3.05, 3.63) is 6.42 Å². The van der Waals surface area contributed by atoms with Crippen LogP contribution in [0.1, 0.15) is 32.1 Å². The molecule has 0 saturated heterocycles. The van der Waals surface area contributed by atoms with Crippen LogP contribution in [-0.2, 0) is 0 Å². The Labute approximate surface area is 51.3 Å². The van der Waals surface area contributed by atoms with E-state index in [1.807, 2.05) is 0 Å². The van der Waals surface area contributed by atoms with Gasteiger partial charge in [-0.15, -0.1) is 0 Å². The minimum atomic E-state index is 0.911. The van der Waals surface area contributed by atoms with Gasteiger partial charge in [0.05, 0.1) is 0 Å². The van der Waals surface area contributed by atoms with Crippen molar-refractivity contribution in [1.82, 2.24) is 0 Å². The van der Waals surface area contributed by atoms with Gasteiger partial charge in [-0.3, -0.25) is 0 Å². The van der Waals surface area contributed by atoms with Crippen molar-refractivity contribution >= 4 is 0 Å². The third kappa shape index (κ3) is 0.667. The lowest BCUT2D eigenvalue weighted by atomic mass is 9.89. The van der Waals surface area contributed by atoms with Crippen molar-refractivity contribution in [2.24, 2.45) is 11.8 Å². The molecule has 0 aromatic heterocycles. The molecule has 2 aliphatic rings. The second-order valence-electron chi connectivity index (χ2n) is 3.12. The monoisotopic (exact) mass is 108 g/mol. The fraction of sp³-hybridized carbons (Fsp3) is 0.875. The van der Waals surface area contributed by atoms with E-state index in [9.17, 15) is 0 Å². The molecule has 44 valence electrons. The molecule has 0 aromatic carbocycles. The molecule has 2 saturated carbocycles. The summed E-state index contributed by atoms with van der Waals surface area (Å²) in [6.45, 7) is 0. The molecule has 2 aliphatic carbocycles. The highest BCUT2D eigenvalue weighted by molar-refractivity contribution is 4.90. The highest BCUT2D eigenvalue weighted by atomic mass is 14.3. The van der Waals surface area contributed by atoms with E-state index < -0.39 is 0 Å². The van der Waals surface area contributed by atoms with Gasteiger partial charge >= 0.3 is 0 Å². The standard InChI is InChI=1S/C8H12/c1-2-7-4-5-8(3-1)6-7/h7-8H,1-2,4-6H2. The third-order valence-corrected chi connectivity index (χ3v) is 2.53. The SMILES string of the molecule is [C]1CCC2CCC1C2. The fourth-order valence-electron chi connectivity index (χ4n) is 2.01. The van der Waals surface area contributed by atoms with Gasteiger partial charge in [0.2, 0.25) is 0 Å². The molecule has 0 heterocycles. The topological polar surface area (TPSA) is 0 Å². The maximum Gasteiger partial charge on any atom is -0.0139 e. The van der Waals surface area contributed by atoms with Crippen LogP contribution in [0.3, 0.4) is 0 Å². The molecule has 2 fully saturated rings. The summed E-state index contributed by atoms with van der Waals surface area (Å²) < 4.78 is 0. The maximum absolute atomic E-state index is 3.51. The van der Waals surface area contributed by atoms with E-state index in [0.29, 0.717) is 0 Å². The first-order chi connectivity index (χ1) is 3.95. The van der Waals surface area contributed by atoms with E-state index in [4.69, 9.17) is 0 Å². The minimum Gasteiger partial charge on any atom is -0.0502 e. The molecule has 0 aliphatic heterocycles. The van der Waals surface area contributed by atoms with Crippen molar-refractivity contribution in [2.45, 2.75) is 32.1 Å². The van der Waals surface area contributed by atoms with Crippen LogP contribution in [0.2, 0.25) is 0 Å². The van der Waals surface area contributed by atoms with Gasteiger partial charge in [-0.2, -0.15) is 0 Å². The van der Waals surface area contributed by atoms with Crippen molar-refractivity contribution in [1.29, 1.82) is 0 Å². The Hall–Kier alpha value is 0. The van der Waals surface area contributed by atoms with E-state index >= 15 is 0 Å². The number of rotatable bonds is 0. The van der Waals surface area contributed by atoms with E-state index in [1.165, 1.54) is 32.1 Å². The smallest absolute Gasteiger partial charge is 0.0139 e. The summed E-state index contributed by atoms with van der Waals surface area (Å²) in [5.74, 6) is 2.01. The summed E-state index contributed by atoms with van der Waals surface area (Å²) in [6.07, 6.45) is 10.7. The van der Waals surface area contributed by atoms with Crippen molar-refractivity contribution in [2.75, 3.05) is 0 Å². The number of fused-ring (bicyclic) bond motifs is 2. The molecule has 2 unspecified atom stereocenters. The zero-order chi connectivity index (χ0) is 5.40. The summed E-state index contributed by atoms with van der Waals surface area (Å²) in [5.41, 5.74) is 0. The average Bonchev–Trinajstić information content (AvgIpc) is 2.12. The van der Waals surface area contributed by atoms with Gasteiger partial charge in [-0.25, -0.2) is 0 Å². The number of hydrogen-bond donors (Lipinski definition) is 0. The number of hydrogen-bond acceptors (Lipinski definition) is 0. The normalized spacial score (nSPS) is 45.0. The first kappa shape index (κ1) is 4.84. The Balaban J connectivity index is 2.03. The summed E-state index contributed by atoms with van der Waals surface area (Å²) in [4.78, 5) is 0. The first-order valence-electron chi connectivity index (χ1n) is 3.68. The van der Waals surface area contributed by atoms with Crippen LogP contribution in [0.4, 0.5) is 0 Å². The van der Waals surface area contributed by atoms with Gasteiger partial charge in [-0.05, 0) is 43.9 Å². The molecule has 0 amide bonds. The van der Waals surface area contributed by atoms with Crippen LogP contribution in [0.5, 0.6) is 0 Å². The lowest BCUT2D eigenvalue weighted by Gasteiger charge is -2.16. The predicted molar refractivity (Wildman–Crippen MR) is 33.3 cm³/mol. The van der Waals surface area contributed by atoms with Crippen LogP contribution in [0.15, 0.2) is 0 Å². The van der Waals surface area contributed by atoms with E-state index in [-0.39, 0.29) is 0 Å². The van der Waals surface area contributed by atoms with Gasteiger partial charge in [0.25, 0.3) is 0 Å². The quantitative estimate of drug-likeness (QED) is 0.446. The second-order valence-corrected chi connectivity index (χ2v) is 3.12. The molecule has 8 heavy (non-hydrogen) atoms. The largest absolute Gasteiger partial charge is 0.0502 e. The molecule has 2 rings (SSSR count). The maximum atomic E-state index is 3.51. The highest BCUT2D eigenvalue weighted by Crippen LogP contribution is 2.40. The summed E-state index contributed by atoms with van der Waals surface area (Å²) in [7, 11) is 0. The Morgan fingerprint density at radius 2 is 2.12 bits per heavy atom. The Bertz CT molecular complexity index is 72.0. The zero-order valence-corrected chi connectivity index (χ0v) is 5.19.